The van der Waals surface area contributed by atoms with Gasteiger partial charge in [0.2, 0.25) is 0 Å². The Morgan fingerprint density at radius 3 is 1.85 bits per heavy atom. The largest absolute Gasteiger partial charge is 0.379 e. The summed E-state index contributed by atoms with van der Waals surface area (Å²) in [7, 11) is 0. The third kappa shape index (κ3) is 11.1. The zero-order valence-electron chi connectivity index (χ0n) is 21.2. The Hall–Kier alpha value is -1.31. The van der Waals surface area contributed by atoms with E-state index in [1.807, 2.05) is 13.8 Å². The average Bonchev–Trinajstić information content (AvgIpc) is 2.77. The van der Waals surface area contributed by atoms with Gasteiger partial charge in [0.05, 0.1) is 52.9 Å². The summed E-state index contributed by atoms with van der Waals surface area (Å²) in [6.45, 7) is 16.3. The highest BCUT2D eigenvalue weighted by Crippen LogP contribution is 2.37. The first-order valence-electron chi connectivity index (χ1n) is 12.6. The van der Waals surface area contributed by atoms with Gasteiger partial charge in [0, 0.05) is 32.0 Å². The molecule has 1 aliphatic heterocycles. The van der Waals surface area contributed by atoms with Crippen LogP contribution in [0.5, 0.6) is 0 Å². The third-order valence-corrected chi connectivity index (χ3v) is 6.20. The van der Waals surface area contributed by atoms with Crippen molar-refractivity contribution >= 4 is 5.78 Å². The molecule has 0 bridgehead atoms. The highest BCUT2D eigenvalue weighted by Gasteiger charge is 2.35. The molecule has 1 aromatic carbocycles. The summed E-state index contributed by atoms with van der Waals surface area (Å²) in [5.41, 5.74) is 1.47. The molecule has 1 atom stereocenters. The molecule has 1 fully saturated rings. The van der Waals surface area contributed by atoms with Gasteiger partial charge < -0.3 is 23.8 Å². The van der Waals surface area contributed by atoms with E-state index in [0.717, 1.165) is 32.2 Å². The molecule has 2 rings (SSSR count). The lowest BCUT2D eigenvalue weighted by molar-refractivity contribution is -0.123. The highest BCUT2D eigenvalue weighted by atomic mass is 16.6. The summed E-state index contributed by atoms with van der Waals surface area (Å²) in [5.74, 6) is 2.35. The molecule has 0 spiro atoms. The molecule has 1 heterocycles. The molecular weight excluding hydrogens is 418 g/mol. The van der Waals surface area contributed by atoms with Crippen molar-refractivity contribution in [2.24, 2.45) is 17.8 Å². The molecule has 1 aromatic rings. The van der Waals surface area contributed by atoms with Crippen molar-refractivity contribution in [3.05, 3.63) is 35.9 Å². The molecule has 33 heavy (non-hydrogen) atoms. The van der Waals surface area contributed by atoms with Gasteiger partial charge in [-0.05, 0) is 23.3 Å². The number of likely N-dealkylation sites (tertiary alicyclic amines) is 1. The zero-order valence-corrected chi connectivity index (χ0v) is 21.2. The Morgan fingerprint density at radius 1 is 0.818 bits per heavy atom. The van der Waals surface area contributed by atoms with Crippen LogP contribution >= 0.6 is 0 Å². The Balaban J connectivity index is 1.36. The predicted molar refractivity (Wildman–Crippen MR) is 132 cm³/mol. The summed E-state index contributed by atoms with van der Waals surface area (Å²) in [4.78, 5) is 13.9. The summed E-state index contributed by atoms with van der Waals surface area (Å²) in [5, 5.41) is 0. The summed E-state index contributed by atoms with van der Waals surface area (Å²) in [6, 6.07) is 10.9. The second-order valence-corrected chi connectivity index (χ2v) is 9.52. The van der Waals surface area contributed by atoms with Crippen LogP contribution in [0.25, 0.3) is 0 Å². The van der Waals surface area contributed by atoms with Gasteiger partial charge in [0.15, 0.2) is 0 Å². The lowest BCUT2D eigenvalue weighted by Gasteiger charge is -2.45. The van der Waals surface area contributed by atoms with E-state index < -0.39 is 0 Å². The van der Waals surface area contributed by atoms with Crippen LogP contribution in [0.2, 0.25) is 0 Å². The van der Waals surface area contributed by atoms with E-state index in [4.69, 9.17) is 18.9 Å². The number of nitrogens with zero attached hydrogens (tertiary/aromatic N) is 1. The molecule has 6 heteroatoms. The summed E-state index contributed by atoms with van der Waals surface area (Å²) < 4.78 is 22.1. The first-order valence-corrected chi connectivity index (χ1v) is 12.6. The van der Waals surface area contributed by atoms with Gasteiger partial charge in [-0.25, -0.2) is 0 Å². The van der Waals surface area contributed by atoms with Crippen LogP contribution < -0.4 is 0 Å². The molecule has 0 radical (unpaired) electrons. The number of ketones is 1. The second-order valence-electron chi connectivity index (χ2n) is 9.52. The number of hydrogen-bond donors (Lipinski definition) is 0. The molecule has 188 valence electrons. The molecule has 0 amide bonds. The number of rotatable bonds is 19. The van der Waals surface area contributed by atoms with E-state index in [-0.39, 0.29) is 11.7 Å². The molecule has 1 aliphatic rings. The SMILES string of the molecule is CC(C)C(=O)CCOCCOCCOCCOCCN1CC([C@@H](c2ccccc2)C(C)C)C1. The van der Waals surface area contributed by atoms with Crippen LogP contribution in [0, 0.1) is 17.8 Å². The maximum absolute atomic E-state index is 11.5. The fourth-order valence-corrected chi connectivity index (χ4v) is 4.31. The first kappa shape index (κ1) is 27.9. The Bertz CT molecular complexity index is 631. The molecule has 0 aliphatic carbocycles. The Kier molecular flexibility index (Phi) is 13.8. The maximum Gasteiger partial charge on any atom is 0.137 e. The lowest BCUT2D eigenvalue weighted by atomic mass is 9.75. The van der Waals surface area contributed by atoms with Crippen LogP contribution in [0.15, 0.2) is 30.3 Å². The summed E-state index contributed by atoms with van der Waals surface area (Å²) >= 11 is 0. The number of ether oxygens (including phenoxy) is 4. The first-order chi connectivity index (χ1) is 16.0. The minimum atomic E-state index is 0.0801. The lowest BCUT2D eigenvalue weighted by Crippen LogP contribution is -2.51. The minimum Gasteiger partial charge on any atom is -0.379 e. The molecule has 0 unspecified atom stereocenters. The van der Waals surface area contributed by atoms with E-state index >= 15 is 0 Å². The number of Topliss-reactive ketones (excluding diaryl/α,β-unsaturated/α-hetero) is 1. The number of hydrogen-bond acceptors (Lipinski definition) is 6. The van der Waals surface area contributed by atoms with Crippen molar-refractivity contribution in [2.75, 3.05) is 72.5 Å². The van der Waals surface area contributed by atoms with E-state index in [1.165, 1.54) is 5.56 Å². The van der Waals surface area contributed by atoms with Crippen molar-refractivity contribution in [1.29, 1.82) is 0 Å². The quantitative estimate of drug-likeness (QED) is 0.289. The van der Waals surface area contributed by atoms with Crippen LogP contribution in [0.4, 0.5) is 0 Å². The Morgan fingerprint density at radius 2 is 1.33 bits per heavy atom. The van der Waals surface area contributed by atoms with Crippen molar-refractivity contribution < 1.29 is 23.7 Å². The van der Waals surface area contributed by atoms with E-state index in [1.54, 1.807) is 0 Å². The molecule has 1 saturated heterocycles. The fourth-order valence-electron chi connectivity index (χ4n) is 4.31. The minimum absolute atomic E-state index is 0.0801. The highest BCUT2D eigenvalue weighted by molar-refractivity contribution is 5.80. The standard InChI is InChI=1S/C27H45NO5/c1-22(2)26(29)10-12-30-14-16-32-18-19-33-17-15-31-13-11-28-20-25(21-28)27(23(3)4)24-8-6-5-7-9-24/h5-9,22-23,25,27H,10-21H2,1-4H3/t27-/m1/s1. The van der Waals surface area contributed by atoms with E-state index in [2.05, 4.69) is 49.1 Å². The Labute approximate surface area is 200 Å². The van der Waals surface area contributed by atoms with Gasteiger partial charge in [-0.1, -0.05) is 58.0 Å². The summed E-state index contributed by atoms with van der Waals surface area (Å²) in [6.07, 6.45) is 0.477. The normalized spacial score (nSPS) is 15.8. The van der Waals surface area contributed by atoms with Crippen LogP contribution in [-0.2, 0) is 23.7 Å². The third-order valence-electron chi connectivity index (χ3n) is 6.20. The number of benzene rings is 1. The predicted octanol–water partition coefficient (Wildman–Crippen LogP) is 4.04. The average molecular weight is 464 g/mol. The molecular formula is C27H45NO5. The monoisotopic (exact) mass is 463 g/mol. The van der Waals surface area contributed by atoms with Gasteiger partial charge >= 0.3 is 0 Å². The van der Waals surface area contributed by atoms with Gasteiger partial charge in [-0.15, -0.1) is 0 Å². The molecule has 0 N–H and O–H groups in total. The topological polar surface area (TPSA) is 57.2 Å². The van der Waals surface area contributed by atoms with Crippen molar-refractivity contribution in [2.45, 2.75) is 40.0 Å². The molecule has 0 aromatic heterocycles. The number of carbonyl (C=O) groups is 1. The molecule has 6 nitrogen and oxygen atoms in total. The van der Waals surface area contributed by atoms with Gasteiger partial charge in [0.25, 0.3) is 0 Å². The van der Waals surface area contributed by atoms with Crippen LogP contribution in [0.1, 0.15) is 45.6 Å². The van der Waals surface area contributed by atoms with Gasteiger partial charge in [-0.3, -0.25) is 4.79 Å². The van der Waals surface area contributed by atoms with Gasteiger partial charge in [0.1, 0.15) is 5.78 Å². The van der Waals surface area contributed by atoms with Crippen molar-refractivity contribution in [1.82, 2.24) is 4.90 Å². The van der Waals surface area contributed by atoms with Crippen molar-refractivity contribution in [3.8, 4) is 0 Å². The number of carbonyl (C=O) groups excluding carboxylic acids is 1. The smallest absolute Gasteiger partial charge is 0.137 e. The van der Waals surface area contributed by atoms with Gasteiger partial charge in [-0.2, -0.15) is 0 Å². The maximum atomic E-state index is 11.5. The molecule has 0 saturated carbocycles. The fraction of sp³-hybridized carbons (Fsp3) is 0.741. The second kappa shape index (κ2) is 16.3. The van der Waals surface area contributed by atoms with E-state index in [0.29, 0.717) is 64.5 Å². The van der Waals surface area contributed by atoms with E-state index in [9.17, 15) is 4.79 Å². The van der Waals surface area contributed by atoms with Crippen LogP contribution in [0.3, 0.4) is 0 Å². The van der Waals surface area contributed by atoms with Crippen molar-refractivity contribution in [3.63, 3.8) is 0 Å². The zero-order chi connectivity index (χ0) is 23.9. The van der Waals surface area contributed by atoms with Crippen LogP contribution in [-0.4, -0.2) is 83.2 Å².